The van der Waals surface area contributed by atoms with Crippen molar-refractivity contribution in [2.24, 2.45) is 0 Å². The molecule has 2 heterocycles. The molecule has 2 aliphatic heterocycles. The Morgan fingerprint density at radius 1 is 1.22 bits per heavy atom. The summed E-state index contributed by atoms with van der Waals surface area (Å²) in [5, 5.41) is 16.3. The first-order chi connectivity index (χ1) is 17.4. The molecule has 1 aromatic carbocycles. The minimum Gasteiger partial charge on any atom is -0.480 e. The Hall–Kier alpha value is -2.59. The molecule has 0 aliphatic carbocycles. The molecule has 36 heavy (non-hydrogen) atoms. The number of unbranched alkanes of at least 4 members (excludes halogenated alkanes) is 1. The van der Waals surface area contributed by atoms with E-state index in [0.29, 0.717) is 32.2 Å². The van der Waals surface area contributed by atoms with Gasteiger partial charge in [-0.05, 0) is 42.4 Å². The van der Waals surface area contributed by atoms with E-state index in [0.717, 1.165) is 31.8 Å². The summed E-state index contributed by atoms with van der Waals surface area (Å²) in [6.45, 7) is 7.83. The van der Waals surface area contributed by atoms with Gasteiger partial charge in [-0.3, -0.25) is 19.3 Å². The Bertz CT molecular complexity index is 821. The molecule has 2 atom stereocenters. The summed E-state index contributed by atoms with van der Waals surface area (Å²) in [6.07, 6.45) is 7.56. The van der Waals surface area contributed by atoms with E-state index >= 15 is 0 Å². The average molecular weight is 523 g/mol. The molecule has 1 saturated heterocycles. The van der Waals surface area contributed by atoms with Gasteiger partial charge in [0.25, 0.3) is 0 Å². The Morgan fingerprint density at radius 2 is 1.92 bits per heavy atom. The lowest BCUT2D eigenvalue weighted by molar-refractivity contribution is -0.140. The van der Waals surface area contributed by atoms with Gasteiger partial charge >= 0.3 is 5.97 Å². The van der Waals surface area contributed by atoms with Crippen molar-refractivity contribution in [3.8, 4) is 0 Å². The van der Waals surface area contributed by atoms with Crippen LogP contribution in [0.15, 0.2) is 24.3 Å². The van der Waals surface area contributed by atoms with Crippen LogP contribution in [0.3, 0.4) is 0 Å². The van der Waals surface area contributed by atoms with Crippen LogP contribution in [0.5, 0.6) is 0 Å². The summed E-state index contributed by atoms with van der Waals surface area (Å²) < 4.78 is 0. The van der Waals surface area contributed by atoms with Gasteiger partial charge in [0.1, 0.15) is 12.1 Å². The number of carboxylic acid groups (broad SMARTS) is 1. The SMILES string of the molecule is CCCC.CSCCC(NC=O)C(=O)O.O=C1CC[C@@H](C(=O)NCCN2CCc3ccccc3C2)N1. The fourth-order valence-corrected chi connectivity index (χ4v) is 4.08. The average Bonchev–Trinajstić information content (AvgIpc) is 3.33. The molecule has 0 radical (unpaired) electrons. The van der Waals surface area contributed by atoms with Gasteiger partial charge in [-0.2, -0.15) is 11.8 Å². The number of hydrogen-bond acceptors (Lipinski definition) is 6. The molecule has 1 unspecified atom stereocenters. The fourth-order valence-electron chi connectivity index (χ4n) is 3.61. The number of hydrogen-bond donors (Lipinski definition) is 4. The maximum atomic E-state index is 11.9. The van der Waals surface area contributed by atoms with Gasteiger partial charge in [0.05, 0.1) is 0 Å². The monoisotopic (exact) mass is 522 g/mol. The molecule has 1 fully saturated rings. The van der Waals surface area contributed by atoms with E-state index in [9.17, 15) is 19.2 Å². The first kappa shape index (κ1) is 31.4. The molecular weight excluding hydrogens is 480 g/mol. The topological polar surface area (TPSA) is 128 Å². The predicted octanol–water partition coefficient (Wildman–Crippen LogP) is 2.18. The fraction of sp³-hybridized carbons (Fsp3) is 0.615. The first-order valence-electron chi connectivity index (χ1n) is 12.6. The predicted molar refractivity (Wildman–Crippen MR) is 144 cm³/mol. The van der Waals surface area contributed by atoms with Crippen molar-refractivity contribution in [3.63, 3.8) is 0 Å². The van der Waals surface area contributed by atoms with E-state index in [-0.39, 0.29) is 17.9 Å². The number of nitrogens with zero attached hydrogens (tertiary/aromatic N) is 1. The molecule has 0 saturated carbocycles. The number of carboxylic acids is 1. The molecule has 1 aromatic rings. The van der Waals surface area contributed by atoms with Crippen molar-refractivity contribution in [2.45, 2.75) is 71.0 Å². The molecule has 4 N–H and O–H groups in total. The highest BCUT2D eigenvalue weighted by Crippen LogP contribution is 2.17. The van der Waals surface area contributed by atoms with Crippen LogP contribution in [0.4, 0.5) is 0 Å². The van der Waals surface area contributed by atoms with E-state index in [2.05, 4.69) is 59.0 Å². The maximum Gasteiger partial charge on any atom is 0.326 e. The molecule has 9 nitrogen and oxygen atoms in total. The molecule has 0 spiro atoms. The number of amides is 3. The highest BCUT2D eigenvalue weighted by Gasteiger charge is 2.27. The Kier molecular flexibility index (Phi) is 16.3. The quantitative estimate of drug-likeness (QED) is 0.328. The van der Waals surface area contributed by atoms with E-state index in [1.807, 2.05) is 6.26 Å². The van der Waals surface area contributed by atoms with Crippen molar-refractivity contribution in [1.29, 1.82) is 0 Å². The standard InChI is InChI=1S/C16H21N3O2.C6H11NO3S.C4H10/c20-15-6-5-14(18-15)16(21)17-8-10-19-9-7-12-3-1-2-4-13(12)11-19;1-11-3-2-5(6(9)10)7-4-8;1-3-4-2/h1-4,14H,5-11H2,(H,17,21)(H,18,20);4-5H,2-3H2,1H3,(H,7,8)(H,9,10);3-4H2,1-2H3/t14-;;/m0../s1. The third-order valence-electron chi connectivity index (χ3n) is 5.93. The van der Waals surface area contributed by atoms with Crippen molar-refractivity contribution in [3.05, 3.63) is 35.4 Å². The lowest BCUT2D eigenvalue weighted by Gasteiger charge is -2.28. The van der Waals surface area contributed by atoms with Crippen LogP contribution in [-0.2, 0) is 32.1 Å². The van der Waals surface area contributed by atoms with Gasteiger partial charge in [0, 0.05) is 32.6 Å². The smallest absolute Gasteiger partial charge is 0.326 e. The van der Waals surface area contributed by atoms with E-state index in [1.165, 1.54) is 24.0 Å². The van der Waals surface area contributed by atoms with Crippen LogP contribution in [0.1, 0.15) is 57.1 Å². The summed E-state index contributed by atoms with van der Waals surface area (Å²) >= 11 is 1.55. The molecule has 2 aliphatic rings. The van der Waals surface area contributed by atoms with Gasteiger partial charge in [-0.1, -0.05) is 51.0 Å². The van der Waals surface area contributed by atoms with Crippen LogP contribution in [0.2, 0.25) is 0 Å². The third-order valence-corrected chi connectivity index (χ3v) is 6.57. The van der Waals surface area contributed by atoms with Crippen molar-refractivity contribution in [2.75, 3.05) is 31.6 Å². The lowest BCUT2D eigenvalue weighted by atomic mass is 10.00. The van der Waals surface area contributed by atoms with Crippen LogP contribution < -0.4 is 16.0 Å². The number of nitrogens with one attached hydrogen (secondary N) is 3. The second kappa shape index (κ2) is 18.6. The van der Waals surface area contributed by atoms with Gasteiger partial charge in [0.2, 0.25) is 18.2 Å². The molecule has 0 aromatic heterocycles. The van der Waals surface area contributed by atoms with Gasteiger partial charge in [0.15, 0.2) is 0 Å². The zero-order valence-corrected chi connectivity index (χ0v) is 22.6. The lowest BCUT2D eigenvalue weighted by Crippen LogP contribution is -2.44. The zero-order chi connectivity index (χ0) is 26.8. The number of carbonyl (C=O) groups is 4. The summed E-state index contributed by atoms with van der Waals surface area (Å²) in [6, 6.07) is 7.46. The molecule has 202 valence electrons. The zero-order valence-electron chi connectivity index (χ0n) is 21.8. The third kappa shape index (κ3) is 12.4. The number of aliphatic carboxylic acids is 1. The molecule has 3 amide bonds. The summed E-state index contributed by atoms with van der Waals surface area (Å²) in [5.74, 6) is -0.329. The van der Waals surface area contributed by atoms with Gasteiger partial charge in [-0.25, -0.2) is 4.79 Å². The normalized spacial score (nSPS) is 17.2. The highest BCUT2D eigenvalue weighted by atomic mass is 32.2. The van der Waals surface area contributed by atoms with Crippen LogP contribution in [0.25, 0.3) is 0 Å². The number of fused-ring (bicyclic) bond motifs is 1. The van der Waals surface area contributed by atoms with Crippen molar-refractivity contribution in [1.82, 2.24) is 20.9 Å². The minimum absolute atomic E-state index is 0.0252. The van der Waals surface area contributed by atoms with Crippen molar-refractivity contribution < 1.29 is 24.3 Å². The Morgan fingerprint density at radius 3 is 2.47 bits per heavy atom. The number of carbonyl (C=O) groups excluding carboxylic acids is 3. The largest absolute Gasteiger partial charge is 0.480 e. The summed E-state index contributed by atoms with van der Waals surface area (Å²) in [7, 11) is 0. The van der Waals surface area contributed by atoms with Gasteiger partial charge < -0.3 is 21.1 Å². The van der Waals surface area contributed by atoms with E-state index in [4.69, 9.17) is 5.11 Å². The molecular formula is C26H42N4O5S. The Balaban J connectivity index is 0.000000365. The van der Waals surface area contributed by atoms with E-state index in [1.54, 1.807) is 11.8 Å². The second-order valence-electron chi connectivity index (χ2n) is 8.70. The van der Waals surface area contributed by atoms with Crippen LogP contribution in [0, 0.1) is 0 Å². The molecule has 3 rings (SSSR count). The second-order valence-corrected chi connectivity index (χ2v) is 9.69. The highest BCUT2D eigenvalue weighted by molar-refractivity contribution is 7.98. The first-order valence-corrected chi connectivity index (χ1v) is 14.0. The molecule has 0 bridgehead atoms. The van der Waals surface area contributed by atoms with Crippen LogP contribution in [-0.4, -0.2) is 77.9 Å². The Labute approximate surface area is 219 Å². The summed E-state index contributed by atoms with van der Waals surface area (Å²) in [4.78, 5) is 45.6. The minimum atomic E-state index is -0.980. The van der Waals surface area contributed by atoms with Crippen molar-refractivity contribution >= 4 is 36.0 Å². The maximum absolute atomic E-state index is 11.9. The molecule has 10 heteroatoms. The van der Waals surface area contributed by atoms with Gasteiger partial charge in [-0.15, -0.1) is 0 Å². The number of thioether (sulfide) groups is 1. The number of rotatable bonds is 11. The van der Waals surface area contributed by atoms with Crippen LogP contribution >= 0.6 is 11.8 Å². The summed E-state index contributed by atoms with van der Waals surface area (Å²) in [5.41, 5.74) is 2.82. The number of benzene rings is 1. The van der Waals surface area contributed by atoms with E-state index < -0.39 is 12.0 Å².